The highest BCUT2D eigenvalue weighted by Crippen LogP contribution is 2.05. The molecule has 0 aromatic rings. The molecule has 0 fully saturated rings. The summed E-state index contributed by atoms with van der Waals surface area (Å²) in [6.45, 7) is 11.1. The molecule has 0 bridgehead atoms. The van der Waals surface area contributed by atoms with Crippen molar-refractivity contribution in [3.63, 3.8) is 0 Å². The molecule has 0 spiro atoms. The van der Waals surface area contributed by atoms with Gasteiger partial charge in [0.15, 0.2) is 0 Å². The van der Waals surface area contributed by atoms with Gasteiger partial charge in [0.1, 0.15) is 0 Å². The first-order chi connectivity index (χ1) is 8.78. The van der Waals surface area contributed by atoms with E-state index in [2.05, 4.69) is 56.1 Å². The van der Waals surface area contributed by atoms with E-state index in [1.807, 2.05) is 19.2 Å². The Morgan fingerprint density at radius 1 is 1.17 bits per heavy atom. The smallest absolute Gasteiger partial charge is 0.0181 e. The van der Waals surface area contributed by atoms with Crippen molar-refractivity contribution >= 4 is 0 Å². The van der Waals surface area contributed by atoms with E-state index < -0.39 is 0 Å². The van der Waals surface area contributed by atoms with Crippen molar-refractivity contribution in [1.82, 2.24) is 5.32 Å². The van der Waals surface area contributed by atoms with Crippen LogP contribution in [-0.2, 0) is 0 Å². The predicted octanol–water partition coefficient (Wildman–Crippen LogP) is 4.91. The Balaban J connectivity index is 3.93. The highest BCUT2D eigenvalue weighted by molar-refractivity contribution is 5.22. The Bertz CT molecular complexity index is 330. The molecule has 1 N–H and O–H groups in total. The quantitative estimate of drug-likeness (QED) is 0.449. The summed E-state index contributed by atoms with van der Waals surface area (Å²) in [6.07, 6.45) is 17.8. The molecule has 0 unspecified atom stereocenters. The molecule has 0 aliphatic heterocycles. The van der Waals surface area contributed by atoms with Gasteiger partial charge in [-0.25, -0.2) is 0 Å². The molecule has 0 saturated carbocycles. The van der Waals surface area contributed by atoms with Gasteiger partial charge in [-0.2, -0.15) is 0 Å². The van der Waals surface area contributed by atoms with Crippen molar-refractivity contribution in [2.45, 2.75) is 40.0 Å². The van der Waals surface area contributed by atoms with Crippen molar-refractivity contribution in [2.24, 2.45) is 0 Å². The van der Waals surface area contributed by atoms with Crippen LogP contribution in [0.3, 0.4) is 0 Å². The monoisotopic (exact) mass is 245 g/mol. The first-order valence-electron chi connectivity index (χ1n) is 6.77. The van der Waals surface area contributed by atoms with Crippen molar-refractivity contribution in [3.05, 3.63) is 60.4 Å². The molecule has 0 aromatic carbocycles. The molecule has 0 aliphatic rings. The highest BCUT2D eigenvalue weighted by atomic mass is 14.8. The second kappa shape index (κ2) is 12.0. The van der Waals surface area contributed by atoms with E-state index in [-0.39, 0.29) is 0 Å². The Morgan fingerprint density at radius 3 is 2.50 bits per heavy atom. The van der Waals surface area contributed by atoms with Crippen LogP contribution in [0.4, 0.5) is 0 Å². The Hall–Kier alpha value is -1.50. The number of rotatable bonds is 9. The zero-order chi connectivity index (χ0) is 13.6. The van der Waals surface area contributed by atoms with E-state index in [0.29, 0.717) is 0 Å². The second-order valence-electron chi connectivity index (χ2n) is 4.12. The lowest BCUT2D eigenvalue weighted by Gasteiger charge is -2.01. The molecule has 18 heavy (non-hydrogen) atoms. The zero-order valence-corrected chi connectivity index (χ0v) is 12.1. The van der Waals surface area contributed by atoms with E-state index in [1.165, 1.54) is 11.1 Å². The topological polar surface area (TPSA) is 12.0 Å². The molecule has 1 nitrogen and oxygen atoms in total. The summed E-state index contributed by atoms with van der Waals surface area (Å²) in [5.41, 5.74) is 2.66. The predicted molar refractivity (Wildman–Crippen MR) is 83.5 cm³/mol. The number of nitrogens with one attached hydrogen (secondary N) is 1. The minimum atomic E-state index is 0.964. The molecule has 0 saturated heterocycles. The van der Waals surface area contributed by atoms with Crippen molar-refractivity contribution in [3.8, 4) is 0 Å². The van der Waals surface area contributed by atoms with Gasteiger partial charge in [-0.1, -0.05) is 55.9 Å². The van der Waals surface area contributed by atoms with Gasteiger partial charge >= 0.3 is 0 Å². The standard InChI is InChI=1S/C17H27N/c1-5-10-16(7-3)12-9-14-18-15-13-17(8-4)11-6-2/h6-9,11-12,14,18H,3,5,10,13,15H2,1-2,4H3/b11-6-,14-9+,16-12+,17-8+. The molecule has 0 amide bonds. The second-order valence-corrected chi connectivity index (χ2v) is 4.12. The van der Waals surface area contributed by atoms with E-state index >= 15 is 0 Å². The molecular formula is C17H27N. The zero-order valence-electron chi connectivity index (χ0n) is 12.1. The summed E-state index contributed by atoms with van der Waals surface area (Å²) in [6, 6.07) is 0. The fraction of sp³-hybridized carbons (Fsp3) is 0.412. The van der Waals surface area contributed by atoms with Crippen LogP contribution < -0.4 is 5.32 Å². The van der Waals surface area contributed by atoms with Crippen LogP contribution in [0, 0.1) is 0 Å². The van der Waals surface area contributed by atoms with Gasteiger partial charge in [0.2, 0.25) is 0 Å². The molecule has 0 heterocycles. The van der Waals surface area contributed by atoms with Crippen LogP contribution >= 0.6 is 0 Å². The third-order valence-electron chi connectivity index (χ3n) is 2.63. The number of allylic oxidation sites excluding steroid dienone is 7. The normalized spacial score (nSPS) is 13.5. The molecule has 0 aromatic heterocycles. The van der Waals surface area contributed by atoms with Crippen LogP contribution in [0.15, 0.2) is 60.4 Å². The average Bonchev–Trinajstić information content (AvgIpc) is 2.39. The van der Waals surface area contributed by atoms with Gasteiger partial charge in [0, 0.05) is 6.54 Å². The van der Waals surface area contributed by atoms with Gasteiger partial charge in [-0.05, 0) is 44.5 Å². The molecule has 0 radical (unpaired) electrons. The van der Waals surface area contributed by atoms with Crippen molar-refractivity contribution < 1.29 is 0 Å². The molecule has 0 atom stereocenters. The number of hydrogen-bond donors (Lipinski definition) is 1. The lowest BCUT2D eigenvalue weighted by atomic mass is 10.1. The Morgan fingerprint density at radius 2 is 1.94 bits per heavy atom. The van der Waals surface area contributed by atoms with E-state index in [0.717, 1.165) is 25.8 Å². The van der Waals surface area contributed by atoms with Gasteiger partial charge in [-0.15, -0.1) is 0 Å². The van der Waals surface area contributed by atoms with Crippen LogP contribution in [0.1, 0.15) is 40.0 Å². The van der Waals surface area contributed by atoms with Crippen LogP contribution in [-0.4, -0.2) is 6.54 Å². The van der Waals surface area contributed by atoms with Gasteiger partial charge in [-0.3, -0.25) is 0 Å². The SMILES string of the molecule is C=C/C(=C\C=C\NCCC(/C=C\C)=C/C)CCC. The maximum atomic E-state index is 3.81. The van der Waals surface area contributed by atoms with Gasteiger partial charge in [0.25, 0.3) is 0 Å². The third kappa shape index (κ3) is 8.63. The van der Waals surface area contributed by atoms with Crippen LogP contribution in [0.2, 0.25) is 0 Å². The lowest BCUT2D eigenvalue weighted by molar-refractivity contribution is 0.833. The Labute approximate surface area is 113 Å². The summed E-state index contributed by atoms with van der Waals surface area (Å²) >= 11 is 0. The molecule has 1 heteroatoms. The van der Waals surface area contributed by atoms with Gasteiger partial charge < -0.3 is 5.32 Å². The van der Waals surface area contributed by atoms with Gasteiger partial charge in [0.05, 0.1) is 0 Å². The van der Waals surface area contributed by atoms with E-state index in [1.54, 1.807) is 0 Å². The van der Waals surface area contributed by atoms with Crippen molar-refractivity contribution in [1.29, 1.82) is 0 Å². The van der Waals surface area contributed by atoms with E-state index in [9.17, 15) is 0 Å². The van der Waals surface area contributed by atoms with Crippen molar-refractivity contribution in [2.75, 3.05) is 6.54 Å². The summed E-state index contributed by atoms with van der Waals surface area (Å²) in [5.74, 6) is 0. The highest BCUT2D eigenvalue weighted by Gasteiger charge is 1.89. The fourth-order valence-corrected chi connectivity index (χ4v) is 1.62. The summed E-state index contributed by atoms with van der Waals surface area (Å²) < 4.78 is 0. The van der Waals surface area contributed by atoms with Crippen LogP contribution in [0.25, 0.3) is 0 Å². The molecular weight excluding hydrogens is 218 g/mol. The minimum absolute atomic E-state index is 0.964. The minimum Gasteiger partial charge on any atom is -0.391 e. The van der Waals surface area contributed by atoms with E-state index in [4.69, 9.17) is 0 Å². The summed E-state index contributed by atoms with van der Waals surface area (Å²) in [5, 5.41) is 3.30. The summed E-state index contributed by atoms with van der Waals surface area (Å²) in [7, 11) is 0. The molecule has 0 aliphatic carbocycles. The maximum Gasteiger partial charge on any atom is 0.0181 e. The Kier molecular flexibility index (Phi) is 11.0. The molecule has 100 valence electrons. The first kappa shape index (κ1) is 16.5. The average molecular weight is 245 g/mol. The molecule has 0 rings (SSSR count). The first-order valence-corrected chi connectivity index (χ1v) is 6.77. The maximum absolute atomic E-state index is 3.81. The lowest BCUT2D eigenvalue weighted by Crippen LogP contribution is -2.06. The largest absolute Gasteiger partial charge is 0.391 e. The number of hydrogen-bond acceptors (Lipinski definition) is 1. The fourth-order valence-electron chi connectivity index (χ4n) is 1.62. The van der Waals surface area contributed by atoms with Crippen LogP contribution in [0.5, 0.6) is 0 Å². The third-order valence-corrected chi connectivity index (χ3v) is 2.63. The summed E-state index contributed by atoms with van der Waals surface area (Å²) in [4.78, 5) is 0.